The summed E-state index contributed by atoms with van der Waals surface area (Å²) in [6.45, 7) is 2.40. The third-order valence-electron chi connectivity index (χ3n) is 1.33. The van der Waals surface area contributed by atoms with E-state index in [-0.39, 0.29) is 0 Å². The van der Waals surface area contributed by atoms with Gasteiger partial charge in [0, 0.05) is 6.92 Å². The molecule has 0 aromatic heterocycles. The molecule has 0 aliphatic heterocycles. The molecule has 0 amide bonds. The lowest BCUT2D eigenvalue weighted by atomic mass is 9.99. The zero-order valence-electron chi connectivity index (χ0n) is 7.70. The van der Waals surface area contributed by atoms with Crippen molar-refractivity contribution in [3.8, 4) is 0 Å². The minimum atomic E-state index is -3.38. The molecular formula is C7H13F3N2O. The molecule has 0 spiro atoms. The summed E-state index contributed by atoms with van der Waals surface area (Å²) in [6, 6.07) is -0.919. The van der Waals surface area contributed by atoms with Crippen molar-refractivity contribution in [3.05, 3.63) is 0 Å². The largest absolute Gasteiger partial charge is 0.452 e. The highest BCUT2D eigenvalue weighted by molar-refractivity contribution is 5.67. The molecule has 0 aromatic carbocycles. The van der Waals surface area contributed by atoms with E-state index in [0.717, 1.165) is 13.8 Å². The van der Waals surface area contributed by atoms with Gasteiger partial charge in [-0.05, 0) is 13.8 Å². The van der Waals surface area contributed by atoms with Crippen LogP contribution >= 0.6 is 0 Å². The first-order valence-corrected chi connectivity index (χ1v) is 3.62. The molecule has 78 valence electrons. The number of hydrogen-bond donors (Lipinski definition) is 2. The molecule has 0 saturated carbocycles. The first-order chi connectivity index (χ1) is 5.55. The zero-order valence-corrected chi connectivity index (χ0v) is 7.70. The fourth-order valence-corrected chi connectivity index (χ4v) is 0.973. The van der Waals surface area contributed by atoms with Gasteiger partial charge in [0.05, 0.1) is 0 Å². The summed E-state index contributed by atoms with van der Waals surface area (Å²) in [5, 5.41) is 6.64. The third kappa shape index (κ3) is 4.00. The van der Waals surface area contributed by atoms with Crippen LogP contribution in [0.15, 0.2) is 0 Å². The number of hydrogen-bond acceptors (Lipinski definition) is 2. The molecule has 0 heterocycles. The van der Waals surface area contributed by atoms with Gasteiger partial charge in [0.15, 0.2) is 6.10 Å². The number of ether oxygens (including phenoxy) is 1. The molecule has 0 fully saturated rings. The van der Waals surface area contributed by atoms with Crippen molar-refractivity contribution in [2.75, 3.05) is 0 Å². The Kier molecular flexibility index (Phi) is 3.18. The van der Waals surface area contributed by atoms with E-state index in [0.29, 0.717) is 6.92 Å². The Hall–Kier alpha value is -0.940. The maximum Gasteiger partial charge on any atom is 0.284 e. The second-order valence-electron chi connectivity index (χ2n) is 3.38. The minimum Gasteiger partial charge on any atom is -0.452 e. The number of alkyl halides is 3. The van der Waals surface area contributed by atoms with Crippen molar-refractivity contribution in [3.63, 3.8) is 0 Å². The van der Waals surface area contributed by atoms with Gasteiger partial charge in [-0.15, -0.1) is 0 Å². The smallest absolute Gasteiger partial charge is 0.284 e. The topological polar surface area (TPSA) is 59.1 Å². The molecule has 6 heteroatoms. The van der Waals surface area contributed by atoms with Crippen molar-refractivity contribution in [1.82, 2.24) is 0 Å². The van der Waals surface area contributed by atoms with Crippen molar-refractivity contribution < 1.29 is 17.9 Å². The van der Waals surface area contributed by atoms with Crippen LogP contribution in [0.3, 0.4) is 0 Å². The normalized spacial score (nSPS) is 15.2. The Bertz CT molecular complexity index is 181. The van der Waals surface area contributed by atoms with Gasteiger partial charge in [0.25, 0.3) is 11.9 Å². The molecule has 0 radical (unpaired) electrons. The molecule has 0 aliphatic carbocycles. The average molecular weight is 198 g/mol. The summed E-state index contributed by atoms with van der Waals surface area (Å²) in [7, 11) is 0. The van der Waals surface area contributed by atoms with Crippen LogP contribution in [0.5, 0.6) is 0 Å². The highest BCUT2D eigenvalue weighted by Crippen LogP contribution is 2.31. The lowest BCUT2D eigenvalue weighted by molar-refractivity contribution is -0.141. The predicted molar refractivity (Wildman–Crippen MR) is 42.6 cm³/mol. The van der Waals surface area contributed by atoms with Gasteiger partial charge in [-0.1, -0.05) is 0 Å². The summed E-state index contributed by atoms with van der Waals surface area (Å²) in [4.78, 5) is 0. The van der Waals surface area contributed by atoms with Crippen LogP contribution in [0.2, 0.25) is 0 Å². The van der Waals surface area contributed by atoms with E-state index in [2.05, 4.69) is 4.74 Å². The van der Waals surface area contributed by atoms with Crippen LogP contribution in [-0.2, 0) is 4.74 Å². The number of halogens is 3. The van der Waals surface area contributed by atoms with Crippen LogP contribution in [0.4, 0.5) is 13.2 Å². The maximum absolute atomic E-state index is 13.2. The molecule has 1 unspecified atom stereocenters. The third-order valence-corrected chi connectivity index (χ3v) is 1.33. The van der Waals surface area contributed by atoms with E-state index >= 15 is 0 Å². The minimum absolute atomic E-state index is 0.516. The molecule has 3 nitrogen and oxygen atoms in total. The molecule has 1 atom stereocenters. The number of nitrogens with two attached hydrogens (primary N) is 1. The second-order valence-corrected chi connectivity index (χ2v) is 3.38. The Morgan fingerprint density at radius 2 is 1.69 bits per heavy atom. The SMILES string of the molecule is CC(C)(F)C(OC(=N)N)C(C)(F)F. The molecule has 0 aromatic rings. The van der Waals surface area contributed by atoms with Gasteiger partial charge in [0.1, 0.15) is 5.67 Å². The van der Waals surface area contributed by atoms with Gasteiger partial charge >= 0.3 is 0 Å². The predicted octanol–water partition coefficient (Wildman–Crippen LogP) is 1.67. The highest BCUT2D eigenvalue weighted by Gasteiger charge is 2.47. The van der Waals surface area contributed by atoms with E-state index in [1.807, 2.05) is 0 Å². The fraction of sp³-hybridized carbons (Fsp3) is 0.857. The van der Waals surface area contributed by atoms with Crippen molar-refractivity contribution in [2.24, 2.45) is 5.73 Å². The lowest BCUT2D eigenvalue weighted by Gasteiger charge is -2.31. The Balaban J connectivity index is 4.68. The van der Waals surface area contributed by atoms with E-state index in [1.54, 1.807) is 0 Å². The second kappa shape index (κ2) is 3.43. The average Bonchev–Trinajstić information content (AvgIpc) is 1.77. The molecule has 0 aliphatic rings. The van der Waals surface area contributed by atoms with E-state index in [4.69, 9.17) is 11.1 Å². The number of rotatable bonds is 3. The zero-order chi connectivity index (χ0) is 10.9. The lowest BCUT2D eigenvalue weighted by Crippen LogP contribution is -2.48. The number of nitrogens with one attached hydrogen (secondary N) is 1. The van der Waals surface area contributed by atoms with Crippen LogP contribution in [-0.4, -0.2) is 23.7 Å². The molecular weight excluding hydrogens is 185 g/mol. The monoisotopic (exact) mass is 198 g/mol. The standard InChI is InChI=1S/C7H13F3N2O/c1-6(2,8)4(7(3,9)10)13-5(11)12/h4H,1-3H3,(H3,11,12). The maximum atomic E-state index is 13.2. The Labute approximate surface area is 74.6 Å². The van der Waals surface area contributed by atoms with Crippen LogP contribution in [0, 0.1) is 5.41 Å². The van der Waals surface area contributed by atoms with Crippen molar-refractivity contribution in [2.45, 2.75) is 38.5 Å². The van der Waals surface area contributed by atoms with Crippen molar-refractivity contribution in [1.29, 1.82) is 5.41 Å². The molecule has 13 heavy (non-hydrogen) atoms. The Morgan fingerprint density at radius 1 is 1.31 bits per heavy atom. The first kappa shape index (κ1) is 12.1. The van der Waals surface area contributed by atoms with Gasteiger partial charge < -0.3 is 10.5 Å². The van der Waals surface area contributed by atoms with E-state index < -0.39 is 23.7 Å². The molecule has 0 rings (SSSR count). The summed E-state index contributed by atoms with van der Waals surface area (Å²) in [5.74, 6) is -3.38. The summed E-state index contributed by atoms with van der Waals surface area (Å²) < 4.78 is 42.8. The van der Waals surface area contributed by atoms with Gasteiger partial charge in [-0.25, -0.2) is 13.2 Å². The molecule has 3 N–H and O–H groups in total. The van der Waals surface area contributed by atoms with Gasteiger partial charge in [-0.3, -0.25) is 5.41 Å². The van der Waals surface area contributed by atoms with E-state index in [1.165, 1.54) is 0 Å². The number of amidine groups is 1. The molecule has 0 bridgehead atoms. The van der Waals surface area contributed by atoms with Crippen LogP contribution in [0.25, 0.3) is 0 Å². The van der Waals surface area contributed by atoms with Crippen LogP contribution < -0.4 is 5.73 Å². The summed E-state index contributed by atoms with van der Waals surface area (Å²) >= 11 is 0. The van der Waals surface area contributed by atoms with Gasteiger partial charge in [0.2, 0.25) is 0 Å². The fourth-order valence-electron chi connectivity index (χ4n) is 0.973. The quantitative estimate of drug-likeness (QED) is 0.535. The van der Waals surface area contributed by atoms with Crippen LogP contribution in [0.1, 0.15) is 20.8 Å². The van der Waals surface area contributed by atoms with Crippen molar-refractivity contribution >= 4 is 6.02 Å². The summed E-state index contributed by atoms with van der Waals surface area (Å²) in [5.41, 5.74) is 2.49. The first-order valence-electron chi connectivity index (χ1n) is 3.62. The Morgan fingerprint density at radius 3 is 1.77 bits per heavy atom. The highest BCUT2D eigenvalue weighted by atomic mass is 19.3. The summed E-state index contributed by atoms with van der Waals surface area (Å²) in [6.07, 6.45) is -2.04. The molecule has 0 saturated heterocycles. The van der Waals surface area contributed by atoms with Gasteiger partial charge in [-0.2, -0.15) is 0 Å². The van der Waals surface area contributed by atoms with E-state index in [9.17, 15) is 13.2 Å².